The summed E-state index contributed by atoms with van der Waals surface area (Å²) in [5.74, 6) is -0.530. The van der Waals surface area contributed by atoms with Crippen LogP contribution in [0.2, 0.25) is 0 Å². The second-order valence-electron chi connectivity index (χ2n) is 7.33. The summed E-state index contributed by atoms with van der Waals surface area (Å²) >= 11 is 0. The van der Waals surface area contributed by atoms with Crippen molar-refractivity contribution in [3.05, 3.63) is 12.2 Å². The quantitative estimate of drug-likeness (QED) is 0.584. The highest BCUT2D eigenvalue weighted by Gasteiger charge is 2.51. The third-order valence-electron chi connectivity index (χ3n) is 4.57. The summed E-state index contributed by atoms with van der Waals surface area (Å²) in [6.07, 6.45) is -2.26. The van der Waals surface area contributed by atoms with E-state index < -0.39 is 30.0 Å². The predicted octanol–water partition coefficient (Wildman–Crippen LogP) is 3.77. The molecule has 1 aliphatic carbocycles. The molecule has 1 rings (SSSR count). The lowest BCUT2D eigenvalue weighted by atomic mass is 9.77. The number of ether oxygens (including phenoxy) is 2. The van der Waals surface area contributed by atoms with Gasteiger partial charge in [-0.2, -0.15) is 13.2 Å². The monoisotopic (exact) mass is 352 g/mol. The summed E-state index contributed by atoms with van der Waals surface area (Å²) in [6.45, 7) is 8.36. The summed E-state index contributed by atoms with van der Waals surface area (Å²) in [7, 11) is 0. The third kappa shape index (κ3) is 5.48. The maximum absolute atomic E-state index is 12.7. The topological polar surface area (TPSA) is 55.8 Å². The Balaban J connectivity index is 2.66. The Morgan fingerprint density at radius 3 is 2.33 bits per heavy atom. The fourth-order valence-corrected chi connectivity index (χ4v) is 2.66. The van der Waals surface area contributed by atoms with Crippen LogP contribution in [0, 0.1) is 5.92 Å². The standard InChI is InChI=1S/C17H27F3O4/c1-11(2)14(21)24-13-8-6-7-12(9-13)15(3,4)23-10-16(5,22)17(18,19)20/h12-13,22H,1,6-10H2,2-5H3. The Bertz CT molecular complexity index is 469. The van der Waals surface area contributed by atoms with Gasteiger partial charge in [0, 0.05) is 5.57 Å². The molecule has 3 unspecified atom stereocenters. The molecule has 1 fully saturated rings. The molecule has 1 saturated carbocycles. The predicted molar refractivity (Wildman–Crippen MR) is 83.4 cm³/mol. The number of rotatable bonds is 6. The lowest BCUT2D eigenvalue weighted by molar-refractivity contribution is -0.278. The van der Waals surface area contributed by atoms with Crippen molar-refractivity contribution in [2.24, 2.45) is 5.92 Å². The van der Waals surface area contributed by atoms with E-state index in [4.69, 9.17) is 9.47 Å². The molecule has 1 aliphatic rings. The van der Waals surface area contributed by atoms with Crippen LogP contribution in [0.15, 0.2) is 12.2 Å². The Kier molecular flexibility index (Phi) is 6.49. The van der Waals surface area contributed by atoms with Gasteiger partial charge in [-0.05, 0) is 59.3 Å². The molecule has 0 aromatic heterocycles. The average molecular weight is 352 g/mol. The van der Waals surface area contributed by atoms with Crippen LogP contribution in [0.3, 0.4) is 0 Å². The van der Waals surface area contributed by atoms with Gasteiger partial charge in [-0.3, -0.25) is 0 Å². The minimum absolute atomic E-state index is 0.0711. The van der Waals surface area contributed by atoms with Crippen molar-refractivity contribution in [3.8, 4) is 0 Å². The molecule has 4 nitrogen and oxygen atoms in total. The number of hydrogen-bond donors (Lipinski definition) is 1. The zero-order valence-electron chi connectivity index (χ0n) is 14.7. The second-order valence-corrected chi connectivity index (χ2v) is 7.33. The van der Waals surface area contributed by atoms with E-state index in [1.807, 2.05) is 0 Å². The van der Waals surface area contributed by atoms with Gasteiger partial charge in [-0.1, -0.05) is 6.58 Å². The summed E-state index contributed by atoms with van der Waals surface area (Å²) in [5, 5.41) is 9.52. The maximum atomic E-state index is 12.7. The minimum Gasteiger partial charge on any atom is -0.459 e. The van der Waals surface area contributed by atoms with Crippen molar-refractivity contribution < 1.29 is 32.5 Å². The molecule has 7 heteroatoms. The van der Waals surface area contributed by atoms with Crippen molar-refractivity contribution in [2.75, 3.05) is 6.61 Å². The molecule has 3 atom stereocenters. The molecule has 0 amide bonds. The number of esters is 1. The van der Waals surface area contributed by atoms with Crippen LogP contribution in [0.4, 0.5) is 13.2 Å². The SMILES string of the molecule is C=C(C)C(=O)OC1CCCC(C(C)(C)OCC(C)(O)C(F)(F)F)C1. The molecule has 0 aliphatic heterocycles. The molecular formula is C17H27F3O4. The van der Waals surface area contributed by atoms with E-state index in [0.717, 1.165) is 12.8 Å². The van der Waals surface area contributed by atoms with E-state index in [2.05, 4.69) is 6.58 Å². The van der Waals surface area contributed by atoms with Gasteiger partial charge in [0.05, 0.1) is 12.2 Å². The third-order valence-corrected chi connectivity index (χ3v) is 4.57. The van der Waals surface area contributed by atoms with Crippen LogP contribution in [0.25, 0.3) is 0 Å². The number of aliphatic hydroxyl groups is 1. The first-order chi connectivity index (χ1) is 10.8. The number of alkyl halides is 3. The number of halogens is 3. The lowest BCUT2D eigenvalue weighted by Crippen LogP contribution is -2.50. The van der Waals surface area contributed by atoms with E-state index in [1.54, 1.807) is 20.8 Å². The van der Waals surface area contributed by atoms with Crippen LogP contribution >= 0.6 is 0 Å². The van der Waals surface area contributed by atoms with Gasteiger partial charge in [0.1, 0.15) is 6.10 Å². The van der Waals surface area contributed by atoms with Crippen molar-refractivity contribution in [1.82, 2.24) is 0 Å². The van der Waals surface area contributed by atoms with Crippen molar-refractivity contribution in [1.29, 1.82) is 0 Å². The van der Waals surface area contributed by atoms with Gasteiger partial charge < -0.3 is 14.6 Å². The van der Waals surface area contributed by atoms with Crippen molar-refractivity contribution >= 4 is 5.97 Å². The molecule has 0 saturated heterocycles. The Morgan fingerprint density at radius 2 is 1.83 bits per heavy atom. The molecule has 0 aromatic rings. The fraction of sp³-hybridized carbons (Fsp3) is 0.824. The number of carbonyl (C=O) groups excluding carboxylic acids is 1. The van der Waals surface area contributed by atoms with Crippen LogP contribution in [0.5, 0.6) is 0 Å². The van der Waals surface area contributed by atoms with Gasteiger partial charge >= 0.3 is 12.1 Å². The van der Waals surface area contributed by atoms with E-state index in [1.165, 1.54) is 0 Å². The van der Waals surface area contributed by atoms with Crippen molar-refractivity contribution in [2.45, 2.75) is 76.9 Å². The molecule has 24 heavy (non-hydrogen) atoms. The summed E-state index contributed by atoms with van der Waals surface area (Å²) < 4.78 is 49.0. The first-order valence-corrected chi connectivity index (χ1v) is 8.06. The molecule has 140 valence electrons. The summed E-state index contributed by atoms with van der Waals surface area (Å²) in [6, 6.07) is 0. The molecule has 0 heterocycles. The molecule has 0 aromatic carbocycles. The highest BCUT2D eigenvalue weighted by molar-refractivity contribution is 5.87. The zero-order chi connectivity index (χ0) is 18.8. The average Bonchev–Trinajstić information content (AvgIpc) is 2.44. The lowest BCUT2D eigenvalue weighted by Gasteiger charge is -2.41. The number of hydrogen-bond acceptors (Lipinski definition) is 4. The largest absolute Gasteiger partial charge is 0.459 e. The van der Waals surface area contributed by atoms with Gasteiger partial charge in [-0.25, -0.2) is 4.79 Å². The van der Waals surface area contributed by atoms with Gasteiger partial charge in [0.15, 0.2) is 5.60 Å². The van der Waals surface area contributed by atoms with E-state index in [9.17, 15) is 23.1 Å². The molecule has 0 radical (unpaired) electrons. The highest BCUT2D eigenvalue weighted by Crippen LogP contribution is 2.38. The Labute approximate surface area is 141 Å². The smallest absolute Gasteiger partial charge is 0.419 e. The van der Waals surface area contributed by atoms with Gasteiger partial charge in [0.2, 0.25) is 0 Å². The van der Waals surface area contributed by atoms with Crippen LogP contribution < -0.4 is 0 Å². The van der Waals surface area contributed by atoms with E-state index >= 15 is 0 Å². The zero-order valence-corrected chi connectivity index (χ0v) is 14.7. The normalized spacial score (nSPS) is 25.0. The molecule has 1 N–H and O–H groups in total. The molecule has 0 spiro atoms. The van der Waals surface area contributed by atoms with Gasteiger partial charge in [0.25, 0.3) is 0 Å². The fourth-order valence-electron chi connectivity index (χ4n) is 2.66. The van der Waals surface area contributed by atoms with Crippen LogP contribution in [-0.2, 0) is 14.3 Å². The summed E-state index contributed by atoms with van der Waals surface area (Å²) in [4.78, 5) is 11.6. The minimum atomic E-state index is -4.75. The van der Waals surface area contributed by atoms with Crippen LogP contribution in [-0.4, -0.2) is 41.2 Å². The first kappa shape index (κ1) is 21.0. The molecular weight excluding hydrogens is 325 g/mol. The van der Waals surface area contributed by atoms with Gasteiger partial charge in [-0.15, -0.1) is 0 Å². The van der Waals surface area contributed by atoms with Crippen molar-refractivity contribution in [3.63, 3.8) is 0 Å². The van der Waals surface area contributed by atoms with E-state index in [0.29, 0.717) is 25.3 Å². The number of carbonyl (C=O) groups is 1. The van der Waals surface area contributed by atoms with E-state index in [-0.39, 0.29) is 12.0 Å². The second kappa shape index (κ2) is 7.44. The summed E-state index contributed by atoms with van der Waals surface area (Å²) in [5.41, 5.74) is -3.46. The molecule has 0 bridgehead atoms. The first-order valence-electron chi connectivity index (χ1n) is 8.06. The highest BCUT2D eigenvalue weighted by atomic mass is 19.4. The Morgan fingerprint density at radius 1 is 1.25 bits per heavy atom. The Hall–Kier alpha value is -1.08. The van der Waals surface area contributed by atoms with Crippen LogP contribution in [0.1, 0.15) is 53.4 Å². The maximum Gasteiger partial charge on any atom is 0.419 e.